The van der Waals surface area contributed by atoms with Crippen molar-refractivity contribution in [3.63, 3.8) is 0 Å². The van der Waals surface area contributed by atoms with Crippen molar-refractivity contribution in [3.05, 3.63) is 59.4 Å². The van der Waals surface area contributed by atoms with E-state index < -0.39 is 11.5 Å². The van der Waals surface area contributed by atoms with Gasteiger partial charge < -0.3 is 20.5 Å². The summed E-state index contributed by atoms with van der Waals surface area (Å²) < 4.78 is 5.49. The van der Waals surface area contributed by atoms with E-state index in [9.17, 15) is 14.7 Å². The average Bonchev–Trinajstić information content (AvgIpc) is 2.61. The minimum absolute atomic E-state index is 0.178. The number of carbonyl (C=O) groups is 2. The summed E-state index contributed by atoms with van der Waals surface area (Å²) in [6, 6.07) is 11.5. The van der Waals surface area contributed by atoms with Crippen LogP contribution in [-0.4, -0.2) is 29.1 Å². The fourth-order valence-corrected chi connectivity index (χ4v) is 2.25. The second-order valence-corrected chi connectivity index (χ2v) is 6.34. The monoisotopic (exact) mass is 367 g/mol. The number of hydrogen-bond acceptors (Lipinski definition) is 4. The molecule has 0 bridgehead atoms. The zero-order valence-corrected chi connectivity index (χ0v) is 15.4. The second kappa shape index (κ2) is 8.34. The number of nitrogens with zero attached hydrogens (tertiary/aromatic N) is 1. The fourth-order valence-electron chi connectivity index (χ4n) is 2.25. The van der Waals surface area contributed by atoms with Crippen molar-refractivity contribution < 1.29 is 19.4 Å². The minimum atomic E-state index is -1.76. The molecule has 2 aromatic carbocycles. The van der Waals surface area contributed by atoms with Crippen LogP contribution in [0.5, 0.6) is 5.75 Å². The summed E-state index contributed by atoms with van der Waals surface area (Å²) in [5.41, 5.74) is 0.592. The highest BCUT2D eigenvalue weighted by Gasteiger charge is 2.31. The van der Waals surface area contributed by atoms with Gasteiger partial charge in [0.15, 0.2) is 11.3 Å². The Kier molecular flexibility index (Phi) is 6.16. The SMILES string of the molecule is [C-]#[N+]c1ccc(NC(=O)[C@@](C)(O)COc2ccc(NC(C)=O)cc2)cc1C. The highest BCUT2D eigenvalue weighted by molar-refractivity contribution is 5.97. The highest BCUT2D eigenvalue weighted by atomic mass is 16.5. The Morgan fingerprint density at radius 1 is 1.15 bits per heavy atom. The summed E-state index contributed by atoms with van der Waals surface area (Å²) in [6.45, 7) is 11.3. The molecule has 0 saturated carbocycles. The zero-order chi connectivity index (χ0) is 20.0. The van der Waals surface area contributed by atoms with E-state index in [-0.39, 0.29) is 12.5 Å². The second-order valence-electron chi connectivity index (χ2n) is 6.34. The lowest BCUT2D eigenvalue weighted by Crippen LogP contribution is -2.45. The summed E-state index contributed by atoms with van der Waals surface area (Å²) in [6.07, 6.45) is 0. The Morgan fingerprint density at radius 2 is 1.78 bits per heavy atom. The number of hydrogen-bond donors (Lipinski definition) is 3. The van der Waals surface area contributed by atoms with E-state index in [1.54, 1.807) is 49.4 Å². The van der Waals surface area contributed by atoms with E-state index in [2.05, 4.69) is 15.5 Å². The molecule has 7 nitrogen and oxygen atoms in total. The Balaban J connectivity index is 1.96. The topological polar surface area (TPSA) is 92.0 Å². The summed E-state index contributed by atoms with van der Waals surface area (Å²) in [5.74, 6) is -0.343. The molecular formula is C20H21N3O4. The summed E-state index contributed by atoms with van der Waals surface area (Å²) in [7, 11) is 0. The molecule has 0 heterocycles. The van der Waals surface area contributed by atoms with Crippen LogP contribution in [0, 0.1) is 13.5 Å². The molecule has 0 aliphatic heterocycles. The molecule has 140 valence electrons. The van der Waals surface area contributed by atoms with Gasteiger partial charge in [-0.2, -0.15) is 0 Å². The average molecular weight is 367 g/mol. The van der Waals surface area contributed by atoms with Gasteiger partial charge in [-0.1, -0.05) is 6.07 Å². The predicted octanol–water partition coefficient (Wildman–Crippen LogP) is 3.27. The van der Waals surface area contributed by atoms with Crippen molar-refractivity contribution >= 4 is 28.9 Å². The van der Waals surface area contributed by atoms with Crippen LogP contribution >= 0.6 is 0 Å². The third-order valence-corrected chi connectivity index (χ3v) is 3.76. The Morgan fingerprint density at radius 3 is 2.33 bits per heavy atom. The fraction of sp³-hybridized carbons (Fsp3) is 0.250. The molecule has 0 aliphatic carbocycles. The first kappa shape index (κ1) is 19.9. The molecule has 0 radical (unpaired) electrons. The number of ether oxygens (including phenoxy) is 1. The molecule has 3 N–H and O–H groups in total. The van der Waals surface area contributed by atoms with Gasteiger partial charge in [0, 0.05) is 18.3 Å². The molecule has 0 aromatic heterocycles. The zero-order valence-electron chi connectivity index (χ0n) is 15.4. The smallest absolute Gasteiger partial charge is 0.259 e. The first-order chi connectivity index (χ1) is 12.7. The van der Waals surface area contributed by atoms with Crippen LogP contribution < -0.4 is 15.4 Å². The third kappa shape index (κ3) is 5.56. The van der Waals surface area contributed by atoms with Crippen LogP contribution in [0.15, 0.2) is 42.5 Å². The van der Waals surface area contributed by atoms with Crippen molar-refractivity contribution in [1.82, 2.24) is 0 Å². The van der Waals surface area contributed by atoms with E-state index in [0.717, 1.165) is 5.56 Å². The van der Waals surface area contributed by atoms with Crippen molar-refractivity contribution in [3.8, 4) is 5.75 Å². The van der Waals surface area contributed by atoms with Gasteiger partial charge in [-0.3, -0.25) is 9.59 Å². The molecule has 1 atom stereocenters. The molecule has 2 aromatic rings. The Bertz CT molecular complexity index is 883. The number of carbonyl (C=O) groups excluding carboxylic acids is 2. The molecule has 7 heteroatoms. The van der Waals surface area contributed by atoms with Gasteiger partial charge in [-0.25, -0.2) is 4.85 Å². The number of rotatable bonds is 6. The minimum Gasteiger partial charge on any atom is -0.490 e. The van der Waals surface area contributed by atoms with Crippen LogP contribution in [0.1, 0.15) is 19.4 Å². The molecular weight excluding hydrogens is 346 g/mol. The number of anilines is 2. The molecule has 0 spiro atoms. The number of aliphatic hydroxyl groups is 1. The van der Waals surface area contributed by atoms with Crippen molar-refractivity contribution in [2.75, 3.05) is 17.2 Å². The maximum Gasteiger partial charge on any atom is 0.259 e. The molecule has 0 fully saturated rings. The summed E-state index contributed by atoms with van der Waals surface area (Å²) in [5, 5.41) is 15.7. The van der Waals surface area contributed by atoms with Gasteiger partial charge in [0.25, 0.3) is 5.91 Å². The number of benzene rings is 2. The van der Waals surface area contributed by atoms with Gasteiger partial charge in [-0.05, 0) is 55.8 Å². The normalized spacial score (nSPS) is 12.4. The third-order valence-electron chi connectivity index (χ3n) is 3.76. The number of aryl methyl sites for hydroxylation is 1. The first-order valence-electron chi connectivity index (χ1n) is 8.23. The lowest BCUT2D eigenvalue weighted by atomic mass is 10.1. The van der Waals surface area contributed by atoms with Gasteiger partial charge >= 0.3 is 0 Å². The molecule has 0 unspecified atom stereocenters. The summed E-state index contributed by atoms with van der Waals surface area (Å²) in [4.78, 5) is 26.7. The first-order valence-corrected chi connectivity index (χ1v) is 8.23. The lowest BCUT2D eigenvalue weighted by Gasteiger charge is -2.23. The molecule has 0 aliphatic rings. The Labute approximate surface area is 157 Å². The number of amides is 2. The van der Waals surface area contributed by atoms with Gasteiger partial charge in [0.1, 0.15) is 12.4 Å². The standard InChI is InChI=1S/C20H21N3O4/c1-13-11-16(7-10-18(13)21-4)23-19(25)20(3,26)12-27-17-8-5-15(6-9-17)22-14(2)24/h5-11,26H,12H2,1-3H3,(H,22,24)(H,23,25)/t20-/m0/s1. The largest absolute Gasteiger partial charge is 0.490 e. The lowest BCUT2D eigenvalue weighted by molar-refractivity contribution is -0.135. The molecule has 2 rings (SSSR count). The van der Waals surface area contributed by atoms with Crippen LogP contribution in [-0.2, 0) is 9.59 Å². The Hall–Kier alpha value is -3.37. The predicted molar refractivity (Wildman–Crippen MR) is 103 cm³/mol. The van der Waals surface area contributed by atoms with Crippen LogP contribution in [0.25, 0.3) is 4.85 Å². The van der Waals surface area contributed by atoms with Crippen LogP contribution in [0.2, 0.25) is 0 Å². The quantitative estimate of drug-likeness (QED) is 0.683. The highest BCUT2D eigenvalue weighted by Crippen LogP contribution is 2.23. The number of nitrogens with one attached hydrogen (secondary N) is 2. The maximum atomic E-state index is 12.3. The van der Waals surface area contributed by atoms with Crippen molar-refractivity contribution in [2.45, 2.75) is 26.4 Å². The van der Waals surface area contributed by atoms with Crippen molar-refractivity contribution in [2.24, 2.45) is 0 Å². The van der Waals surface area contributed by atoms with Gasteiger partial charge in [-0.15, -0.1) is 0 Å². The van der Waals surface area contributed by atoms with E-state index >= 15 is 0 Å². The van der Waals surface area contributed by atoms with Crippen LogP contribution in [0.3, 0.4) is 0 Å². The van der Waals surface area contributed by atoms with E-state index in [1.165, 1.54) is 13.8 Å². The van der Waals surface area contributed by atoms with Crippen molar-refractivity contribution in [1.29, 1.82) is 0 Å². The summed E-state index contributed by atoms with van der Waals surface area (Å²) >= 11 is 0. The molecule has 27 heavy (non-hydrogen) atoms. The molecule has 2 amide bonds. The maximum absolute atomic E-state index is 12.3. The van der Waals surface area contributed by atoms with Gasteiger partial charge in [0.2, 0.25) is 5.91 Å². The van der Waals surface area contributed by atoms with E-state index in [0.29, 0.717) is 22.8 Å². The van der Waals surface area contributed by atoms with Gasteiger partial charge in [0.05, 0.1) is 6.57 Å². The van der Waals surface area contributed by atoms with E-state index in [4.69, 9.17) is 11.3 Å². The van der Waals surface area contributed by atoms with Crippen LogP contribution in [0.4, 0.5) is 17.1 Å². The molecule has 0 saturated heterocycles. The van der Waals surface area contributed by atoms with E-state index in [1.807, 2.05) is 0 Å².